The molecule has 2 amide bonds. The largest absolute Gasteiger partial charge is 0.488 e. The average Bonchev–Trinajstić information content (AvgIpc) is 2.76. The van der Waals surface area contributed by atoms with E-state index in [0.29, 0.717) is 33.1 Å². The minimum Gasteiger partial charge on any atom is -0.488 e. The number of hydrogen-bond donors (Lipinski definition) is 2. The van der Waals surface area contributed by atoms with E-state index in [-0.39, 0.29) is 0 Å². The van der Waals surface area contributed by atoms with Crippen molar-refractivity contribution in [2.24, 2.45) is 5.10 Å². The number of amides is 2. The number of carbonyl (C=O) groups is 2. The average molecular weight is 515 g/mol. The van der Waals surface area contributed by atoms with E-state index >= 15 is 0 Å². The molecule has 0 saturated carbocycles. The van der Waals surface area contributed by atoms with Gasteiger partial charge in [0.05, 0.1) is 10.7 Å². The molecule has 0 aliphatic heterocycles. The molecule has 0 heterocycles. The smallest absolute Gasteiger partial charge is 0.329 e. The highest BCUT2D eigenvalue weighted by Crippen LogP contribution is 2.27. The molecule has 8 heteroatoms. The number of hydrogen-bond acceptors (Lipinski definition) is 4. The highest BCUT2D eigenvalue weighted by molar-refractivity contribution is 9.10. The molecule has 0 aliphatic carbocycles. The molecule has 3 aromatic carbocycles. The van der Waals surface area contributed by atoms with Crippen molar-refractivity contribution < 1.29 is 14.3 Å². The summed E-state index contributed by atoms with van der Waals surface area (Å²) in [6.45, 7) is 4.23. The van der Waals surface area contributed by atoms with Gasteiger partial charge in [0.15, 0.2) is 0 Å². The Kier molecular flexibility index (Phi) is 8.03. The van der Waals surface area contributed by atoms with Crippen molar-refractivity contribution in [2.45, 2.75) is 20.5 Å². The molecule has 0 unspecified atom stereocenters. The molecule has 0 fully saturated rings. The van der Waals surface area contributed by atoms with E-state index in [0.717, 1.165) is 16.7 Å². The number of hydrazone groups is 1. The Morgan fingerprint density at radius 1 is 1.03 bits per heavy atom. The van der Waals surface area contributed by atoms with Crippen LogP contribution in [0.5, 0.6) is 5.75 Å². The lowest BCUT2D eigenvalue weighted by Gasteiger charge is -2.10. The van der Waals surface area contributed by atoms with Gasteiger partial charge in [-0.1, -0.05) is 35.9 Å². The number of anilines is 1. The number of nitrogens with zero attached hydrogens (tertiary/aromatic N) is 1. The van der Waals surface area contributed by atoms with E-state index in [2.05, 4.69) is 31.8 Å². The van der Waals surface area contributed by atoms with Gasteiger partial charge in [-0.25, -0.2) is 5.43 Å². The van der Waals surface area contributed by atoms with Crippen molar-refractivity contribution in [2.75, 3.05) is 5.32 Å². The van der Waals surface area contributed by atoms with Crippen LogP contribution in [0.2, 0.25) is 5.02 Å². The van der Waals surface area contributed by atoms with Crippen LogP contribution in [0.25, 0.3) is 0 Å². The summed E-state index contributed by atoms with van der Waals surface area (Å²) in [5.41, 5.74) is 6.48. The number of ether oxygens (including phenoxy) is 1. The lowest BCUT2D eigenvalue weighted by atomic mass is 10.1. The molecule has 0 aliphatic rings. The zero-order chi connectivity index (χ0) is 23.1. The quantitative estimate of drug-likeness (QED) is 0.263. The summed E-state index contributed by atoms with van der Waals surface area (Å²) in [4.78, 5) is 24.0. The topological polar surface area (TPSA) is 79.8 Å². The Hall–Kier alpha value is -3.16. The predicted octanol–water partition coefficient (Wildman–Crippen LogP) is 5.39. The van der Waals surface area contributed by atoms with Crippen molar-refractivity contribution in [3.05, 3.63) is 92.4 Å². The zero-order valence-corrected chi connectivity index (χ0v) is 19.8. The van der Waals surface area contributed by atoms with Crippen LogP contribution in [-0.2, 0) is 16.2 Å². The van der Waals surface area contributed by atoms with Gasteiger partial charge in [-0.2, -0.15) is 5.10 Å². The van der Waals surface area contributed by atoms with Gasteiger partial charge in [0.2, 0.25) is 0 Å². The molecule has 0 saturated heterocycles. The van der Waals surface area contributed by atoms with Crippen LogP contribution >= 0.6 is 27.5 Å². The maximum Gasteiger partial charge on any atom is 0.329 e. The van der Waals surface area contributed by atoms with Crippen molar-refractivity contribution in [1.29, 1.82) is 0 Å². The summed E-state index contributed by atoms with van der Waals surface area (Å²) in [6, 6.07) is 18.2. The van der Waals surface area contributed by atoms with Gasteiger partial charge in [-0.3, -0.25) is 9.59 Å². The number of nitrogens with one attached hydrogen (secondary N) is 2. The molecule has 0 atom stereocenters. The standard InChI is InChI=1S/C24H21BrClN3O3/c1-15-7-9-19(11-16(15)2)28-23(30)24(31)29-27-13-17-8-10-22(20(25)12-17)32-14-18-5-3-4-6-21(18)26/h3-13H,14H2,1-2H3,(H,28,30)(H,29,31)/b27-13-. The summed E-state index contributed by atoms with van der Waals surface area (Å²) in [5, 5.41) is 7.04. The molecular formula is C24H21BrClN3O3. The van der Waals surface area contributed by atoms with Crippen molar-refractivity contribution in [1.82, 2.24) is 5.43 Å². The van der Waals surface area contributed by atoms with Crippen molar-refractivity contribution >= 4 is 51.2 Å². The minimum absolute atomic E-state index is 0.331. The molecule has 3 aromatic rings. The lowest BCUT2D eigenvalue weighted by molar-refractivity contribution is -0.136. The van der Waals surface area contributed by atoms with Crippen LogP contribution in [0.15, 0.2) is 70.2 Å². The monoisotopic (exact) mass is 513 g/mol. The maximum atomic E-state index is 12.0. The third-order valence-corrected chi connectivity index (χ3v) is 5.64. The molecule has 0 bridgehead atoms. The minimum atomic E-state index is -0.863. The first kappa shape index (κ1) is 23.5. The van der Waals surface area contributed by atoms with Crippen molar-refractivity contribution in [3.63, 3.8) is 0 Å². The predicted molar refractivity (Wildman–Crippen MR) is 130 cm³/mol. The van der Waals surface area contributed by atoms with Crippen molar-refractivity contribution in [3.8, 4) is 5.75 Å². The van der Waals surface area contributed by atoms with Crippen LogP contribution < -0.4 is 15.5 Å². The molecule has 0 spiro atoms. The molecule has 164 valence electrons. The van der Waals surface area contributed by atoms with Gasteiger partial charge in [-0.15, -0.1) is 0 Å². The fraction of sp³-hybridized carbons (Fsp3) is 0.125. The van der Waals surface area contributed by atoms with E-state index < -0.39 is 11.8 Å². The summed E-state index contributed by atoms with van der Waals surface area (Å²) in [6.07, 6.45) is 1.43. The molecule has 0 radical (unpaired) electrons. The van der Waals surface area contributed by atoms with E-state index in [4.69, 9.17) is 16.3 Å². The van der Waals surface area contributed by atoms with Gasteiger partial charge in [0, 0.05) is 16.3 Å². The Balaban J connectivity index is 1.53. The summed E-state index contributed by atoms with van der Waals surface area (Å²) < 4.78 is 6.52. The molecule has 6 nitrogen and oxygen atoms in total. The normalized spacial score (nSPS) is 10.8. The SMILES string of the molecule is Cc1ccc(NC(=O)C(=O)N/N=C\c2ccc(OCc3ccccc3Cl)c(Br)c2)cc1C. The molecular weight excluding hydrogens is 494 g/mol. The van der Waals surface area contributed by atoms with Crippen LogP contribution in [0.3, 0.4) is 0 Å². The molecule has 0 aromatic heterocycles. The van der Waals surface area contributed by atoms with E-state index in [9.17, 15) is 9.59 Å². The third kappa shape index (κ3) is 6.42. The van der Waals surface area contributed by atoms with Crippen LogP contribution in [0, 0.1) is 13.8 Å². The molecule has 2 N–H and O–H groups in total. The second-order valence-corrected chi connectivity index (χ2v) is 8.28. The fourth-order valence-electron chi connectivity index (χ4n) is 2.71. The summed E-state index contributed by atoms with van der Waals surface area (Å²) in [5.74, 6) is -1.02. The van der Waals surface area contributed by atoms with Gasteiger partial charge in [-0.05, 0) is 82.9 Å². The zero-order valence-electron chi connectivity index (χ0n) is 17.5. The van der Waals surface area contributed by atoms with Gasteiger partial charge in [0.25, 0.3) is 0 Å². The number of benzene rings is 3. The van der Waals surface area contributed by atoms with E-state index in [1.165, 1.54) is 6.21 Å². The highest BCUT2D eigenvalue weighted by atomic mass is 79.9. The van der Waals surface area contributed by atoms with Gasteiger partial charge >= 0.3 is 11.8 Å². The highest BCUT2D eigenvalue weighted by Gasteiger charge is 2.13. The number of aryl methyl sites for hydroxylation is 2. The second-order valence-electron chi connectivity index (χ2n) is 7.02. The first-order chi connectivity index (χ1) is 15.3. The number of rotatable bonds is 6. The fourth-order valence-corrected chi connectivity index (χ4v) is 3.41. The first-order valence-electron chi connectivity index (χ1n) is 9.71. The van der Waals surface area contributed by atoms with Gasteiger partial charge in [0.1, 0.15) is 12.4 Å². The molecule has 32 heavy (non-hydrogen) atoms. The second kappa shape index (κ2) is 10.9. The van der Waals surface area contributed by atoms with E-state index in [1.807, 2.05) is 44.2 Å². The number of carbonyl (C=O) groups excluding carboxylic acids is 2. The Bertz CT molecular complexity index is 1180. The third-order valence-electron chi connectivity index (χ3n) is 4.65. The maximum absolute atomic E-state index is 12.0. The van der Waals surface area contributed by atoms with Crippen LogP contribution in [0.1, 0.15) is 22.3 Å². The van der Waals surface area contributed by atoms with Crippen LogP contribution in [-0.4, -0.2) is 18.0 Å². The first-order valence-corrected chi connectivity index (χ1v) is 10.9. The Labute approximate surface area is 199 Å². The molecule has 3 rings (SSSR count). The summed E-state index contributed by atoms with van der Waals surface area (Å²) in [7, 11) is 0. The van der Waals surface area contributed by atoms with E-state index in [1.54, 1.807) is 30.3 Å². The van der Waals surface area contributed by atoms with Crippen LogP contribution in [0.4, 0.5) is 5.69 Å². The number of halogens is 2. The Morgan fingerprint density at radius 3 is 2.53 bits per heavy atom. The van der Waals surface area contributed by atoms with Gasteiger partial charge < -0.3 is 10.1 Å². The lowest BCUT2D eigenvalue weighted by Crippen LogP contribution is -2.32. The summed E-state index contributed by atoms with van der Waals surface area (Å²) >= 11 is 9.61. The Morgan fingerprint density at radius 2 is 1.81 bits per heavy atom.